The van der Waals surface area contributed by atoms with Crippen LogP contribution >= 0.6 is 11.3 Å². The molecule has 0 aliphatic carbocycles. The van der Waals surface area contributed by atoms with Gasteiger partial charge in [0.1, 0.15) is 12.1 Å². The Bertz CT molecular complexity index is 731. The van der Waals surface area contributed by atoms with Gasteiger partial charge in [0.15, 0.2) is 5.65 Å². The molecule has 20 heavy (non-hydrogen) atoms. The van der Waals surface area contributed by atoms with Gasteiger partial charge in [0.05, 0.1) is 28.8 Å². The molecule has 0 aromatic carbocycles. The van der Waals surface area contributed by atoms with Crippen LogP contribution in [-0.2, 0) is 20.0 Å². The van der Waals surface area contributed by atoms with E-state index in [0.717, 1.165) is 35.5 Å². The molecule has 0 saturated carbocycles. The van der Waals surface area contributed by atoms with E-state index in [1.807, 2.05) is 14.1 Å². The monoisotopic (exact) mass is 288 g/mol. The van der Waals surface area contributed by atoms with E-state index in [9.17, 15) is 0 Å². The molecule has 6 nitrogen and oxygen atoms in total. The van der Waals surface area contributed by atoms with Crippen LogP contribution in [0, 0.1) is 0 Å². The first-order chi connectivity index (χ1) is 9.69. The minimum Gasteiger partial charge on any atom is -0.353 e. The molecule has 0 radical (unpaired) electrons. The number of thiazole rings is 1. The summed E-state index contributed by atoms with van der Waals surface area (Å²) in [6, 6.07) is 0. The number of nitrogens with zero attached hydrogens (tertiary/aromatic N) is 6. The Labute approximate surface area is 121 Å². The van der Waals surface area contributed by atoms with E-state index >= 15 is 0 Å². The maximum atomic E-state index is 4.59. The molecule has 0 unspecified atom stereocenters. The average molecular weight is 288 g/mol. The third-order valence-electron chi connectivity index (χ3n) is 3.17. The average Bonchev–Trinajstić information content (AvgIpc) is 3.06. The van der Waals surface area contributed by atoms with E-state index in [1.54, 1.807) is 28.5 Å². The quantitative estimate of drug-likeness (QED) is 0.735. The molecule has 0 aliphatic rings. The maximum absolute atomic E-state index is 4.59. The molecular formula is C13H16N6S. The highest BCUT2D eigenvalue weighted by Gasteiger charge is 2.13. The van der Waals surface area contributed by atoms with E-state index in [1.165, 1.54) is 5.01 Å². The molecule has 3 heterocycles. The fraction of sp³-hybridized carbons (Fsp3) is 0.385. The standard InChI is InChI=1S/C13H16N6S/c1-4-11-17-9(7-20-11)6-18(2)12-10-5-16-19(3)13(10)15-8-14-12/h5,7-8H,4,6H2,1-3H3. The van der Waals surface area contributed by atoms with Crippen LogP contribution in [0.15, 0.2) is 17.9 Å². The molecular weight excluding hydrogens is 272 g/mol. The van der Waals surface area contributed by atoms with E-state index in [4.69, 9.17) is 0 Å². The van der Waals surface area contributed by atoms with Crippen molar-refractivity contribution >= 4 is 28.2 Å². The zero-order valence-electron chi connectivity index (χ0n) is 11.7. The van der Waals surface area contributed by atoms with Gasteiger partial charge < -0.3 is 4.90 Å². The van der Waals surface area contributed by atoms with Gasteiger partial charge in [-0.25, -0.2) is 15.0 Å². The van der Waals surface area contributed by atoms with Crippen LogP contribution in [0.5, 0.6) is 0 Å². The minimum absolute atomic E-state index is 0.734. The number of anilines is 1. The molecule has 3 aromatic heterocycles. The SMILES string of the molecule is CCc1nc(CN(C)c2ncnc3c2cnn3C)cs1. The van der Waals surface area contributed by atoms with Crippen LogP contribution in [-0.4, -0.2) is 31.8 Å². The van der Waals surface area contributed by atoms with Crippen LogP contribution < -0.4 is 4.90 Å². The molecule has 3 rings (SSSR count). The van der Waals surface area contributed by atoms with Gasteiger partial charge in [0.25, 0.3) is 0 Å². The number of aryl methyl sites for hydroxylation is 2. The second-order valence-corrected chi connectivity index (χ2v) is 5.59. The number of fused-ring (bicyclic) bond motifs is 1. The van der Waals surface area contributed by atoms with Gasteiger partial charge in [-0.15, -0.1) is 11.3 Å². The first-order valence-corrected chi connectivity index (χ1v) is 7.34. The smallest absolute Gasteiger partial charge is 0.163 e. The van der Waals surface area contributed by atoms with E-state index in [-0.39, 0.29) is 0 Å². The van der Waals surface area contributed by atoms with Gasteiger partial charge in [0, 0.05) is 19.5 Å². The van der Waals surface area contributed by atoms with E-state index in [0.29, 0.717) is 0 Å². The lowest BCUT2D eigenvalue weighted by molar-refractivity contribution is 0.785. The van der Waals surface area contributed by atoms with Crippen molar-refractivity contribution in [1.29, 1.82) is 0 Å². The molecule has 3 aromatic rings. The van der Waals surface area contributed by atoms with Gasteiger partial charge in [-0.2, -0.15) is 5.10 Å². The third-order valence-corrected chi connectivity index (χ3v) is 4.21. The summed E-state index contributed by atoms with van der Waals surface area (Å²) in [5, 5.41) is 8.48. The predicted molar refractivity (Wildman–Crippen MR) is 79.9 cm³/mol. The van der Waals surface area contributed by atoms with Gasteiger partial charge in [0.2, 0.25) is 0 Å². The summed E-state index contributed by atoms with van der Waals surface area (Å²) in [7, 11) is 3.90. The fourth-order valence-electron chi connectivity index (χ4n) is 2.16. The van der Waals surface area contributed by atoms with Gasteiger partial charge in [-0.3, -0.25) is 4.68 Å². The minimum atomic E-state index is 0.734. The van der Waals surface area contributed by atoms with Crippen molar-refractivity contribution < 1.29 is 0 Å². The van der Waals surface area contributed by atoms with Crippen LogP contribution in [0.1, 0.15) is 17.6 Å². The normalized spacial score (nSPS) is 11.2. The molecule has 0 fully saturated rings. The fourth-order valence-corrected chi connectivity index (χ4v) is 2.89. The summed E-state index contributed by atoms with van der Waals surface area (Å²) < 4.78 is 1.76. The Balaban J connectivity index is 1.90. The molecule has 7 heteroatoms. The molecule has 0 spiro atoms. The Kier molecular flexibility index (Phi) is 3.35. The second kappa shape index (κ2) is 5.16. The Hall–Kier alpha value is -2.02. The summed E-state index contributed by atoms with van der Waals surface area (Å²) >= 11 is 1.71. The van der Waals surface area contributed by atoms with Crippen molar-refractivity contribution in [3.05, 3.63) is 28.6 Å². The zero-order valence-corrected chi connectivity index (χ0v) is 12.6. The van der Waals surface area contributed by atoms with Crippen molar-refractivity contribution in [3.63, 3.8) is 0 Å². The first kappa shape index (κ1) is 13.0. The molecule has 0 atom stereocenters. The number of hydrogen-bond donors (Lipinski definition) is 0. The van der Waals surface area contributed by atoms with E-state index < -0.39 is 0 Å². The second-order valence-electron chi connectivity index (χ2n) is 4.64. The first-order valence-electron chi connectivity index (χ1n) is 6.46. The lowest BCUT2D eigenvalue weighted by Crippen LogP contribution is -2.18. The number of rotatable bonds is 4. The lowest BCUT2D eigenvalue weighted by Gasteiger charge is -2.17. The highest BCUT2D eigenvalue weighted by Crippen LogP contribution is 2.22. The predicted octanol–water partition coefficient (Wildman–Crippen LogP) is 2.02. The highest BCUT2D eigenvalue weighted by atomic mass is 32.1. The summed E-state index contributed by atoms with van der Waals surface area (Å²) in [6.45, 7) is 2.85. The largest absolute Gasteiger partial charge is 0.353 e. The molecule has 0 bridgehead atoms. The molecule has 0 aliphatic heterocycles. The van der Waals surface area contributed by atoms with E-state index in [2.05, 4.69) is 37.3 Å². The number of aromatic nitrogens is 5. The van der Waals surface area contributed by atoms with Gasteiger partial charge in [-0.05, 0) is 6.42 Å². The summed E-state index contributed by atoms with van der Waals surface area (Å²) in [5.41, 5.74) is 1.92. The van der Waals surface area contributed by atoms with Crippen LogP contribution in [0.3, 0.4) is 0 Å². The van der Waals surface area contributed by atoms with Gasteiger partial charge in [-0.1, -0.05) is 6.92 Å². The third kappa shape index (κ3) is 2.24. The topological polar surface area (TPSA) is 59.7 Å². The Morgan fingerprint density at radius 1 is 1.35 bits per heavy atom. The van der Waals surface area contributed by atoms with Crippen LogP contribution in [0.25, 0.3) is 11.0 Å². The zero-order chi connectivity index (χ0) is 14.1. The van der Waals surface area contributed by atoms with Crippen molar-refractivity contribution in [2.45, 2.75) is 19.9 Å². The van der Waals surface area contributed by atoms with Crippen molar-refractivity contribution in [1.82, 2.24) is 24.7 Å². The summed E-state index contributed by atoms with van der Waals surface area (Å²) in [4.78, 5) is 15.3. The molecule has 0 N–H and O–H groups in total. The Morgan fingerprint density at radius 2 is 2.20 bits per heavy atom. The maximum Gasteiger partial charge on any atom is 0.163 e. The van der Waals surface area contributed by atoms with Crippen LogP contribution in [0.4, 0.5) is 5.82 Å². The number of hydrogen-bond acceptors (Lipinski definition) is 6. The van der Waals surface area contributed by atoms with Crippen LogP contribution in [0.2, 0.25) is 0 Å². The Morgan fingerprint density at radius 3 is 2.95 bits per heavy atom. The molecule has 104 valence electrons. The van der Waals surface area contributed by atoms with Gasteiger partial charge >= 0.3 is 0 Å². The van der Waals surface area contributed by atoms with Crippen molar-refractivity contribution in [2.75, 3.05) is 11.9 Å². The van der Waals surface area contributed by atoms with Crippen molar-refractivity contribution in [2.24, 2.45) is 7.05 Å². The molecule has 0 amide bonds. The lowest BCUT2D eigenvalue weighted by atomic mass is 10.3. The summed E-state index contributed by atoms with van der Waals surface area (Å²) in [6.07, 6.45) is 4.36. The summed E-state index contributed by atoms with van der Waals surface area (Å²) in [5.74, 6) is 0.883. The van der Waals surface area contributed by atoms with Crippen molar-refractivity contribution in [3.8, 4) is 0 Å². The highest BCUT2D eigenvalue weighted by molar-refractivity contribution is 7.09. The molecule has 0 saturated heterocycles.